The lowest BCUT2D eigenvalue weighted by Crippen LogP contribution is -2.31. The molecule has 3 aromatic heterocycles. The molecule has 150 valence electrons. The highest BCUT2D eigenvalue weighted by Gasteiger charge is 2.39. The van der Waals surface area contributed by atoms with Gasteiger partial charge in [-0.25, -0.2) is 9.37 Å². The first kappa shape index (κ1) is 20.0. The minimum Gasteiger partial charge on any atom is -0.463 e. The van der Waals surface area contributed by atoms with Crippen molar-refractivity contribution >= 4 is 17.2 Å². The van der Waals surface area contributed by atoms with Crippen LogP contribution in [-0.2, 0) is 6.18 Å². The molecule has 14 heteroatoms. The molecule has 0 fully saturated rings. The van der Waals surface area contributed by atoms with Crippen molar-refractivity contribution in [1.82, 2.24) is 24.8 Å². The lowest BCUT2D eigenvalue weighted by Gasteiger charge is -2.17. The Hall–Kier alpha value is -2.70. The van der Waals surface area contributed by atoms with E-state index in [1.165, 1.54) is 0 Å². The summed E-state index contributed by atoms with van der Waals surface area (Å²) in [6.45, 7) is 0.659. The number of hydrogen-bond donors (Lipinski definition) is 0. The quantitative estimate of drug-likeness (QED) is 0.580. The average Bonchev–Trinajstić information content (AvgIpc) is 2.97. The number of aromatic nitrogens is 5. The van der Waals surface area contributed by atoms with Gasteiger partial charge in [0.15, 0.2) is 17.6 Å². The molecule has 0 saturated heterocycles. The molecule has 0 spiro atoms. The molecule has 0 bridgehead atoms. The third-order valence-electron chi connectivity index (χ3n) is 3.43. The van der Waals surface area contributed by atoms with Crippen LogP contribution in [0.15, 0.2) is 18.3 Å². The number of fused-ring (bicyclic) bond motifs is 1. The molecule has 0 radical (unpaired) electrons. The summed E-state index contributed by atoms with van der Waals surface area (Å²) < 4.78 is 95.2. The largest absolute Gasteiger partial charge is 0.463 e. The Morgan fingerprint density at radius 2 is 1.79 bits per heavy atom. The Balaban J connectivity index is 2.03. The van der Waals surface area contributed by atoms with Gasteiger partial charge in [-0.2, -0.15) is 36.0 Å². The van der Waals surface area contributed by atoms with Crippen LogP contribution >= 0.6 is 11.6 Å². The molecule has 3 rings (SSSR count). The smallest absolute Gasteiger partial charge is 0.453 e. The molecule has 0 amide bonds. The fourth-order valence-electron chi connectivity index (χ4n) is 2.06. The number of rotatable bonds is 3. The molecular formula is C14H7ClF7N5O. The van der Waals surface area contributed by atoms with E-state index in [2.05, 4.69) is 25.0 Å². The van der Waals surface area contributed by atoms with Gasteiger partial charge in [0.25, 0.3) is 11.7 Å². The van der Waals surface area contributed by atoms with E-state index in [0.29, 0.717) is 17.5 Å². The topological polar surface area (TPSA) is 65.2 Å². The molecule has 1 atom stereocenters. The van der Waals surface area contributed by atoms with Gasteiger partial charge >= 0.3 is 12.4 Å². The summed E-state index contributed by atoms with van der Waals surface area (Å²) in [4.78, 5) is 3.43. The highest BCUT2D eigenvalue weighted by Crippen LogP contribution is 2.32. The van der Waals surface area contributed by atoms with Crippen LogP contribution in [0.25, 0.3) is 16.9 Å². The van der Waals surface area contributed by atoms with Crippen molar-refractivity contribution in [2.45, 2.75) is 25.4 Å². The maximum Gasteiger partial charge on any atom is 0.453 e. The Morgan fingerprint density at radius 3 is 2.36 bits per heavy atom. The van der Waals surface area contributed by atoms with E-state index >= 15 is 0 Å². The molecule has 28 heavy (non-hydrogen) atoms. The zero-order chi connectivity index (χ0) is 20.9. The average molecular weight is 430 g/mol. The van der Waals surface area contributed by atoms with Crippen LogP contribution in [0.3, 0.4) is 0 Å². The van der Waals surface area contributed by atoms with Gasteiger partial charge in [-0.05, 0) is 13.0 Å². The summed E-state index contributed by atoms with van der Waals surface area (Å²) in [5, 5.41) is 9.73. The van der Waals surface area contributed by atoms with E-state index in [9.17, 15) is 30.7 Å². The molecule has 3 aromatic rings. The molecular weight excluding hydrogens is 423 g/mol. The summed E-state index contributed by atoms with van der Waals surface area (Å²) in [6.07, 6.45) is -11.1. The summed E-state index contributed by atoms with van der Waals surface area (Å²) >= 11 is 5.94. The van der Waals surface area contributed by atoms with Gasteiger partial charge in [-0.3, -0.25) is 0 Å². The normalized spacial score (nSPS) is 13.8. The van der Waals surface area contributed by atoms with Crippen LogP contribution in [0.4, 0.5) is 30.7 Å². The van der Waals surface area contributed by atoms with Crippen molar-refractivity contribution in [2.75, 3.05) is 0 Å². The number of halogens is 8. The second kappa shape index (κ2) is 6.72. The van der Waals surface area contributed by atoms with E-state index in [4.69, 9.17) is 11.6 Å². The molecule has 0 saturated carbocycles. The third-order valence-corrected chi connectivity index (χ3v) is 3.72. The molecule has 3 heterocycles. The first-order valence-corrected chi connectivity index (χ1v) is 7.64. The van der Waals surface area contributed by atoms with Crippen molar-refractivity contribution in [1.29, 1.82) is 0 Å². The van der Waals surface area contributed by atoms with Gasteiger partial charge < -0.3 is 4.74 Å². The molecule has 0 N–H and O–H groups in total. The van der Waals surface area contributed by atoms with E-state index in [-0.39, 0.29) is 21.9 Å². The maximum atomic E-state index is 14.1. The van der Waals surface area contributed by atoms with Crippen molar-refractivity contribution < 1.29 is 35.5 Å². The van der Waals surface area contributed by atoms with Crippen molar-refractivity contribution in [3.8, 4) is 17.1 Å². The first-order valence-electron chi connectivity index (χ1n) is 7.26. The Bertz CT molecular complexity index is 1030. The van der Waals surface area contributed by atoms with Crippen molar-refractivity contribution in [2.24, 2.45) is 0 Å². The highest BCUT2D eigenvalue weighted by atomic mass is 35.5. The molecule has 0 aromatic carbocycles. The number of pyridine rings is 1. The molecule has 0 aliphatic rings. The monoisotopic (exact) mass is 429 g/mol. The Kier molecular flexibility index (Phi) is 4.81. The lowest BCUT2D eigenvalue weighted by atomic mass is 10.2. The SMILES string of the molecule is CC(Oc1ncc(-c2nn3c(C(F)(F)F)nnc3cc2Cl)cc1F)C(F)(F)F. The fraction of sp³-hybridized carbons (Fsp3) is 0.286. The zero-order valence-electron chi connectivity index (χ0n) is 13.5. The van der Waals surface area contributed by atoms with Gasteiger partial charge in [0, 0.05) is 17.8 Å². The molecule has 1 unspecified atom stereocenters. The molecule has 0 aliphatic heterocycles. The predicted octanol–water partition coefficient (Wildman–Crippen LogP) is 4.33. The Labute approximate surface area is 155 Å². The number of alkyl halides is 6. The second-order valence-electron chi connectivity index (χ2n) is 5.44. The van der Waals surface area contributed by atoms with Gasteiger partial charge in [0.05, 0.1) is 5.02 Å². The fourth-order valence-corrected chi connectivity index (χ4v) is 2.30. The summed E-state index contributed by atoms with van der Waals surface area (Å²) in [5.74, 6) is -3.66. The minimum atomic E-state index is -4.87. The number of hydrogen-bond acceptors (Lipinski definition) is 5. The van der Waals surface area contributed by atoms with E-state index in [1.807, 2.05) is 0 Å². The lowest BCUT2D eigenvalue weighted by molar-refractivity contribution is -0.190. The third kappa shape index (κ3) is 3.79. The molecule has 0 aliphatic carbocycles. The van der Waals surface area contributed by atoms with Gasteiger partial charge in [0.1, 0.15) is 5.69 Å². The maximum absolute atomic E-state index is 14.1. The standard InChI is InChI=1S/C14H7ClF7N5O/c1-5(13(17,18)19)28-11-8(16)2-6(4-23-11)10-7(15)3-9-24-25-12(14(20,21)22)27(9)26-10/h2-5H,1H3. The summed E-state index contributed by atoms with van der Waals surface area (Å²) in [5.41, 5.74) is -0.826. The number of ether oxygens (including phenoxy) is 1. The number of nitrogens with zero attached hydrogens (tertiary/aromatic N) is 5. The van der Waals surface area contributed by atoms with Gasteiger partial charge in [-0.1, -0.05) is 11.6 Å². The van der Waals surface area contributed by atoms with Crippen molar-refractivity contribution in [3.63, 3.8) is 0 Å². The van der Waals surface area contributed by atoms with E-state index in [0.717, 1.165) is 12.3 Å². The Morgan fingerprint density at radius 1 is 1.11 bits per heavy atom. The summed E-state index contributed by atoms with van der Waals surface area (Å²) in [6, 6.07) is 1.70. The van der Waals surface area contributed by atoms with E-state index < -0.39 is 36.0 Å². The first-order chi connectivity index (χ1) is 12.9. The van der Waals surface area contributed by atoms with E-state index in [1.54, 1.807) is 0 Å². The van der Waals surface area contributed by atoms with Crippen LogP contribution < -0.4 is 4.74 Å². The highest BCUT2D eigenvalue weighted by molar-refractivity contribution is 6.33. The van der Waals surface area contributed by atoms with Gasteiger partial charge in [0.2, 0.25) is 0 Å². The van der Waals surface area contributed by atoms with Crippen molar-refractivity contribution in [3.05, 3.63) is 35.0 Å². The second-order valence-corrected chi connectivity index (χ2v) is 5.85. The van der Waals surface area contributed by atoms with Crippen LogP contribution in [0.2, 0.25) is 5.02 Å². The summed E-state index contributed by atoms with van der Waals surface area (Å²) in [7, 11) is 0. The predicted molar refractivity (Wildman–Crippen MR) is 80.1 cm³/mol. The molecule has 6 nitrogen and oxygen atoms in total. The zero-order valence-corrected chi connectivity index (χ0v) is 14.2. The van der Waals surface area contributed by atoms with Gasteiger partial charge in [-0.15, -0.1) is 10.2 Å². The van der Waals surface area contributed by atoms with Crippen LogP contribution in [0, 0.1) is 5.82 Å². The minimum absolute atomic E-state index is 0.196. The van der Waals surface area contributed by atoms with Crippen LogP contribution in [-0.4, -0.2) is 37.1 Å². The van der Waals surface area contributed by atoms with Crippen LogP contribution in [0.1, 0.15) is 12.7 Å². The van der Waals surface area contributed by atoms with Crippen LogP contribution in [0.5, 0.6) is 5.88 Å².